The van der Waals surface area contributed by atoms with E-state index < -0.39 is 0 Å². The van der Waals surface area contributed by atoms with Crippen molar-refractivity contribution < 1.29 is 4.48 Å². The summed E-state index contributed by atoms with van der Waals surface area (Å²) < 4.78 is 1.17. The van der Waals surface area contributed by atoms with Crippen molar-refractivity contribution in [2.24, 2.45) is 0 Å². The van der Waals surface area contributed by atoms with Gasteiger partial charge in [-0.05, 0) is 27.4 Å². The Kier molecular flexibility index (Phi) is 6.38. The molecule has 2 nitrogen and oxygen atoms in total. The third-order valence-electron chi connectivity index (χ3n) is 3.24. The molecule has 0 aromatic carbocycles. The monoisotopic (exact) mass is 201 g/mol. The predicted molar refractivity (Wildman–Crippen MR) is 64.5 cm³/mol. The highest BCUT2D eigenvalue weighted by atomic mass is 15.3. The second kappa shape index (κ2) is 6.41. The first-order chi connectivity index (χ1) is 6.40. The van der Waals surface area contributed by atoms with Gasteiger partial charge in [0.2, 0.25) is 0 Å². The minimum Gasteiger partial charge on any atom is -0.326 e. The Balaban J connectivity index is 3.81. The van der Waals surface area contributed by atoms with Crippen LogP contribution in [0.5, 0.6) is 0 Å². The van der Waals surface area contributed by atoms with Crippen molar-refractivity contribution in [3.8, 4) is 0 Å². The topological polar surface area (TPSA) is 3.24 Å². The summed E-state index contributed by atoms with van der Waals surface area (Å²) in [5, 5.41) is 0. The summed E-state index contributed by atoms with van der Waals surface area (Å²) in [6.45, 7) is 7.15. The van der Waals surface area contributed by atoms with Crippen molar-refractivity contribution in [3.63, 3.8) is 0 Å². The maximum atomic E-state index is 2.37. The average Bonchev–Trinajstić information content (AvgIpc) is 2.03. The molecule has 0 aliphatic heterocycles. The molecular formula is C12H29N2+. The zero-order valence-electron chi connectivity index (χ0n) is 11.0. The first kappa shape index (κ1) is 13.9. The Morgan fingerprint density at radius 1 is 1.21 bits per heavy atom. The highest BCUT2D eigenvalue weighted by Crippen LogP contribution is 2.12. The molecular weight excluding hydrogens is 172 g/mol. The fourth-order valence-electron chi connectivity index (χ4n) is 1.78. The van der Waals surface area contributed by atoms with Crippen LogP contribution >= 0.6 is 0 Å². The van der Waals surface area contributed by atoms with Gasteiger partial charge in [0.1, 0.15) is 0 Å². The number of rotatable bonds is 7. The minimum atomic E-state index is 0.794. The molecule has 86 valence electrons. The van der Waals surface area contributed by atoms with Crippen molar-refractivity contribution in [2.45, 2.75) is 39.2 Å². The van der Waals surface area contributed by atoms with Gasteiger partial charge in [-0.1, -0.05) is 13.3 Å². The van der Waals surface area contributed by atoms with Gasteiger partial charge in [0, 0.05) is 13.0 Å². The molecule has 0 heterocycles. The number of hydrogen-bond acceptors (Lipinski definition) is 1. The van der Waals surface area contributed by atoms with Gasteiger partial charge < -0.3 is 9.38 Å². The molecule has 0 aliphatic carbocycles. The Morgan fingerprint density at radius 3 is 2.21 bits per heavy atom. The molecule has 0 N–H and O–H groups in total. The van der Waals surface area contributed by atoms with Gasteiger partial charge in [-0.3, -0.25) is 0 Å². The van der Waals surface area contributed by atoms with Crippen molar-refractivity contribution in [3.05, 3.63) is 0 Å². The van der Waals surface area contributed by atoms with Crippen LogP contribution in [0.25, 0.3) is 0 Å². The van der Waals surface area contributed by atoms with E-state index in [1.807, 2.05) is 0 Å². The Hall–Kier alpha value is -0.0800. The predicted octanol–water partition coefficient (Wildman–Crippen LogP) is 2.20. The fourth-order valence-corrected chi connectivity index (χ4v) is 1.78. The van der Waals surface area contributed by atoms with Crippen molar-refractivity contribution in [2.75, 3.05) is 41.3 Å². The molecule has 1 atom stereocenters. The standard InChI is InChI=1S/C12H29N2/c1-7-9-12(2)14(5,6)11-8-10-13(3)4/h12H,7-11H2,1-6H3/q+1. The molecule has 0 aromatic heterocycles. The Morgan fingerprint density at radius 2 is 1.79 bits per heavy atom. The van der Waals surface area contributed by atoms with Gasteiger partial charge >= 0.3 is 0 Å². The lowest BCUT2D eigenvalue weighted by Crippen LogP contribution is -2.48. The summed E-state index contributed by atoms with van der Waals surface area (Å²) in [4.78, 5) is 2.27. The molecule has 0 aliphatic rings. The highest BCUT2D eigenvalue weighted by molar-refractivity contribution is 4.51. The molecule has 0 fully saturated rings. The lowest BCUT2D eigenvalue weighted by molar-refractivity contribution is -0.913. The Labute approximate surface area is 90.5 Å². The van der Waals surface area contributed by atoms with E-state index in [1.54, 1.807) is 0 Å². The van der Waals surface area contributed by atoms with Crippen molar-refractivity contribution in [1.82, 2.24) is 4.90 Å². The first-order valence-corrected chi connectivity index (χ1v) is 5.87. The third kappa shape index (κ3) is 5.61. The molecule has 0 spiro atoms. The van der Waals surface area contributed by atoms with Gasteiger partial charge in [-0.2, -0.15) is 0 Å². The largest absolute Gasteiger partial charge is 0.326 e. The van der Waals surface area contributed by atoms with Gasteiger partial charge in [0.15, 0.2) is 0 Å². The van der Waals surface area contributed by atoms with E-state index in [1.165, 1.54) is 36.8 Å². The van der Waals surface area contributed by atoms with Gasteiger partial charge in [-0.15, -0.1) is 0 Å². The number of hydrogen-bond donors (Lipinski definition) is 0. The van der Waals surface area contributed by atoms with Crippen LogP contribution in [0.2, 0.25) is 0 Å². The summed E-state index contributed by atoms with van der Waals surface area (Å²) in [6.07, 6.45) is 3.94. The van der Waals surface area contributed by atoms with Crippen LogP contribution in [0.1, 0.15) is 33.1 Å². The zero-order valence-corrected chi connectivity index (χ0v) is 11.0. The van der Waals surface area contributed by atoms with E-state index >= 15 is 0 Å². The van der Waals surface area contributed by atoms with Crippen LogP contribution in [0.15, 0.2) is 0 Å². The zero-order chi connectivity index (χ0) is 11.2. The van der Waals surface area contributed by atoms with E-state index in [0.717, 1.165) is 6.04 Å². The second-order valence-electron chi connectivity index (χ2n) is 5.30. The van der Waals surface area contributed by atoms with E-state index in [9.17, 15) is 0 Å². The quantitative estimate of drug-likeness (QED) is 0.571. The van der Waals surface area contributed by atoms with Gasteiger partial charge in [0.25, 0.3) is 0 Å². The van der Waals surface area contributed by atoms with Gasteiger partial charge in [0.05, 0.1) is 26.7 Å². The minimum absolute atomic E-state index is 0.794. The smallest absolute Gasteiger partial charge is 0.0857 e. The van der Waals surface area contributed by atoms with Crippen LogP contribution in [0, 0.1) is 0 Å². The van der Waals surface area contributed by atoms with E-state index in [4.69, 9.17) is 0 Å². The molecule has 0 amide bonds. The summed E-state index contributed by atoms with van der Waals surface area (Å²) in [7, 11) is 9.01. The van der Waals surface area contributed by atoms with Crippen LogP contribution in [0.3, 0.4) is 0 Å². The third-order valence-corrected chi connectivity index (χ3v) is 3.24. The highest BCUT2D eigenvalue weighted by Gasteiger charge is 2.22. The fraction of sp³-hybridized carbons (Fsp3) is 1.00. The summed E-state index contributed by atoms with van der Waals surface area (Å²) >= 11 is 0. The molecule has 1 unspecified atom stereocenters. The molecule has 0 bridgehead atoms. The van der Waals surface area contributed by atoms with E-state index in [-0.39, 0.29) is 0 Å². The molecule has 0 aromatic rings. The summed E-state index contributed by atoms with van der Waals surface area (Å²) in [5.41, 5.74) is 0. The van der Waals surface area contributed by atoms with Crippen LogP contribution in [0.4, 0.5) is 0 Å². The summed E-state index contributed by atoms with van der Waals surface area (Å²) in [5.74, 6) is 0. The molecule has 14 heavy (non-hydrogen) atoms. The summed E-state index contributed by atoms with van der Waals surface area (Å²) in [6, 6.07) is 0.794. The normalized spacial score (nSPS) is 14.8. The van der Waals surface area contributed by atoms with Crippen molar-refractivity contribution >= 4 is 0 Å². The first-order valence-electron chi connectivity index (χ1n) is 5.87. The lowest BCUT2D eigenvalue weighted by atomic mass is 10.1. The van der Waals surface area contributed by atoms with Crippen molar-refractivity contribution in [1.29, 1.82) is 0 Å². The van der Waals surface area contributed by atoms with Gasteiger partial charge in [-0.25, -0.2) is 0 Å². The second-order valence-corrected chi connectivity index (χ2v) is 5.30. The molecule has 0 saturated carbocycles. The van der Waals surface area contributed by atoms with E-state index in [0.29, 0.717) is 0 Å². The SMILES string of the molecule is CCCC(C)[N+](C)(C)CCCN(C)C. The van der Waals surface area contributed by atoms with Crippen LogP contribution in [-0.2, 0) is 0 Å². The maximum Gasteiger partial charge on any atom is 0.0857 e. The average molecular weight is 201 g/mol. The number of quaternary nitrogens is 1. The van der Waals surface area contributed by atoms with Crippen LogP contribution < -0.4 is 0 Å². The molecule has 0 radical (unpaired) electrons. The van der Waals surface area contributed by atoms with E-state index in [2.05, 4.69) is 46.9 Å². The number of nitrogens with zero attached hydrogens (tertiary/aromatic N) is 2. The maximum absolute atomic E-state index is 2.37. The molecule has 0 saturated heterocycles. The molecule has 0 rings (SSSR count). The van der Waals surface area contributed by atoms with Crippen LogP contribution in [-0.4, -0.2) is 56.7 Å². The molecule has 2 heteroatoms. The Bertz CT molecular complexity index is 141. The lowest BCUT2D eigenvalue weighted by Gasteiger charge is -2.36.